The molecule has 3 nitrogen and oxygen atoms in total. The molecular formula is C6H11N3. The third-order valence-corrected chi connectivity index (χ3v) is 1.08. The molecule has 0 aromatic carbocycles. The van der Waals surface area contributed by atoms with Crippen molar-refractivity contribution < 1.29 is 0 Å². The van der Waals surface area contributed by atoms with Crippen molar-refractivity contribution in [3.8, 4) is 0 Å². The summed E-state index contributed by atoms with van der Waals surface area (Å²) in [5, 5.41) is 3.03. The van der Waals surface area contributed by atoms with Crippen molar-refractivity contribution in [1.29, 1.82) is 0 Å². The minimum Gasteiger partial charge on any atom is -0.314 e. The van der Waals surface area contributed by atoms with Gasteiger partial charge in [0.15, 0.2) is 0 Å². The SMILES string of the molecule is CNCC1=CC=CNN1. The van der Waals surface area contributed by atoms with Crippen molar-refractivity contribution in [3.05, 3.63) is 24.0 Å². The highest BCUT2D eigenvalue weighted by Crippen LogP contribution is 1.89. The molecule has 0 saturated heterocycles. The highest BCUT2D eigenvalue weighted by molar-refractivity contribution is 5.14. The predicted molar refractivity (Wildman–Crippen MR) is 37.4 cm³/mol. The Kier molecular flexibility index (Phi) is 2.15. The standard InChI is InChI=1S/C6H11N3/c1-7-5-6-3-2-4-8-9-6/h2-4,7-9H,5H2,1H3. The number of likely N-dealkylation sites (N-methyl/N-ethyl adjacent to an activating group) is 1. The minimum atomic E-state index is 0.872. The molecule has 0 aliphatic carbocycles. The highest BCUT2D eigenvalue weighted by atomic mass is 15.4. The number of allylic oxidation sites excluding steroid dienone is 2. The minimum absolute atomic E-state index is 0.872. The average Bonchev–Trinajstić information content (AvgIpc) is 1.91. The molecule has 0 fully saturated rings. The second-order valence-electron chi connectivity index (χ2n) is 1.85. The Morgan fingerprint density at radius 1 is 1.67 bits per heavy atom. The van der Waals surface area contributed by atoms with E-state index in [1.807, 2.05) is 25.4 Å². The number of hydrogen-bond acceptors (Lipinski definition) is 3. The van der Waals surface area contributed by atoms with Crippen molar-refractivity contribution in [2.45, 2.75) is 0 Å². The van der Waals surface area contributed by atoms with E-state index in [4.69, 9.17) is 0 Å². The van der Waals surface area contributed by atoms with E-state index in [0.717, 1.165) is 12.2 Å². The fourth-order valence-electron chi connectivity index (χ4n) is 0.682. The molecule has 50 valence electrons. The summed E-state index contributed by atoms with van der Waals surface area (Å²) in [6.45, 7) is 0.872. The van der Waals surface area contributed by atoms with Gasteiger partial charge in [-0.3, -0.25) is 0 Å². The molecule has 0 spiro atoms. The number of rotatable bonds is 2. The van der Waals surface area contributed by atoms with Gasteiger partial charge < -0.3 is 16.2 Å². The van der Waals surface area contributed by atoms with Gasteiger partial charge in [0.05, 0.1) is 0 Å². The van der Waals surface area contributed by atoms with E-state index in [2.05, 4.69) is 16.2 Å². The number of hydrogen-bond donors (Lipinski definition) is 3. The first kappa shape index (κ1) is 6.16. The topological polar surface area (TPSA) is 36.1 Å². The summed E-state index contributed by atoms with van der Waals surface area (Å²) in [6.07, 6.45) is 5.83. The van der Waals surface area contributed by atoms with E-state index in [1.165, 1.54) is 0 Å². The van der Waals surface area contributed by atoms with E-state index in [9.17, 15) is 0 Å². The second kappa shape index (κ2) is 3.14. The van der Waals surface area contributed by atoms with E-state index < -0.39 is 0 Å². The van der Waals surface area contributed by atoms with Crippen LogP contribution in [-0.4, -0.2) is 13.6 Å². The number of hydrazine groups is 1. The van der Waals surface area contributed by atoms with Crippen LogP contribution in [0, 0.1) is 0 Å². The van der Waals surface area contributed by atoms with Crippen LogP contribution in [0.4, 0.5) is 0 Å². The van der Waals surface area contributed by atoms with Crippen LogP contribution in [0.3, 0.4) is 0 Å². The quantitative estimate of drug-likeness (QED) is 0.474. The molecule has 0 radical (unpaired) electrons. The van der Waals surface area contributed by atoms with E-state index in [-0.39, 0.29) is 0 Å². The Balaban J connectivity index is 2.38. The van der Waals surface area contributed by atoms with Gasteiger partial charge in [0.1, 0.15) is 0 Å². The first-order valence-corrected chi connectivity index (χ1v) is 2.95. The van der Waals surface area contributed by atoms with Crippen LogP contribution in [0.2, 0.25) is 0 Å². The van der Waals surface area contributed by atoms with Crippen molar-refractivity contribution in [3.63, 3.8) is 0 Å². The molecular weight excluding hydrogens is 114 g/mol. The monoisotopic (exact) mass is 125 g/mol. The van der Waals surface area contributed by atoms with Crippen LogP contribution in [0.1, 0.15) is 0 Å². The Bertz CT molecular complexity index is 137. The zero-order valence-corrected chi connectivity index (χ0v) is 5.44. The third-order valence-electron chi connectivity index (χ3n) is 1.08. The molecule has 0 amide bonds. The molecule has 0 unspecified atom stereocenters. The van der Waals surface area contributed by atoms with Crippen LogP contribution in [0.5, 0.6) is 0 Å². The Morgan fingerprint density at radius 2 is 2.56 bits per heavy atom. The van der Waals surface area contributed by atoms with Gasteiger partial charge in [-0.1, -0.05) is 0 Å². The van der Waals surface area contributed by atoms with Crippen LogP contribution in [-0.2, 0) is 0 Å². The molecule has 3 heteroatoms. The van der Waals surface area contributed by atoms with Crippen molar-refractivity contribution in [2.75, 3.05) is 13.6 Å². The number of nitrogens with one attached hydrogen (secondary N) is 3. The molecule has 0 saturated carbocycles. The Labute approximate surface area is 54.8 Å². The molecule has 9 heavy (non-hydrogen) atoms. The maximum Gasteiger partial charge on any atom is 0.0452 e. The lowest BCUT2D eigenvalue weighted by Gasteiger charge is -2.12. The summed E-state index contributed by atoms with van der Waals surface area (Å²) in [7, 11) is 1.92. The lowest BCUT2D eigenvalue weighted by atomic mass is 10.3. The van der Waals surface area contributed by atoms with Crippen molar-refractivity contribution in [2.24, 2.45) is 0 Å². The van der Waals surface area contributed by atoms with E-state index in [0.29, 0.717) is 0 Å². The molecule has 0 aromatic heterocycles. The molecule has 1 rings (SSSR count). The van der Waals surface area contributed by atoms with Gasteiger partial charge in [-0.15, -0.1) is 0 Å². The van der Waals surface area contributed by atoms with Crippen molar-refractivity contribution >= 4 is 0 Å². The zero-order chi connectivity index (χ0) is 6.53. The maximum atomic E-state index is 3.03. The second-order valence-corrected chi connectivity index (χ2v) is 1.85. The van der Waals surface area contributed by atoms with Crippen LogP contribution >= 0.6 is 0 Å². The van der Waals surface area contributed by atoms with Gasteiger partial charge >= 0.3 is 0 Å². The molecule has 0 atom stereocenters. The summed E-state index contributed by atoms with van der Waals surface area (Å²) >= 11 is 0. The van der Waals surface area contributed by atoms with Gasteiger partial charge in [-0.25, -0.2) is 0 Å². The van der Waals surface area contributed by atoms with Crippen LogP contribution in [0.25, 0.3) is 0 Å². The molecule has 0 bridgehead atoms. The largest absolute Gasteiger partial charge is 0.314 e. The van der Waals surface area contributed by atoms with E-state index >= 15 is 0 Å². The molecule has 3 N–H and O–H groups in total. The highest BCUT2D eigenvalue weighted by Gasteiger charge is 1.92. The zero-order valence-electron chi connectivity index (χ0n) is 5.44. The average molecular weight is 125 g/mol. The van der Waals surface area contributed by atoms with Crippen LogP contribution < -0.4 is 16.2 Å². The lowest BCUT2D eigenvalue weighted by Crippen LogP contribution is -2.32. The normalized spacial score (nSPS) is 15.9. The summed E-state index contributed by atoms with van der Waals surface area (Å²) in [4.78, 5) is 0. The van der Waals surface area contributed by atoms with Crippen molar-refractivity contribution in [1.82, 2.24) is 16.2 Å². The van der Waals surface area contributed by atoms with Gasteiger partial charge in [-0.2, -0.15) is 0 Å². The summed E-state index contributed by atoms with van der Waals surface area (Å²) in [6, 6.07) is 0. The smallest absolute Gasteiger partial charge is 0.0452 e. The Morgan fingerprint density at radius 3 is 3.11 bits per heavy atom. The van der Waals surface area contributed by atoms with Gasteiger partial charge in [0.25, 0.3) is 0 Å². The predicted octanol–water partition coefficient (Wildman–Crippen LogP) is -0.289. The molecule has 1 aliphatic heterocycles. The lowest BCUT2D eigenvalue weighted by molar-refractivity contribution is 0.674. The first-order valence-electron chi connectivity index (χ1n) is 2.95. The maximum absolute atomic E-state index is 3.03. The molecule has 1 heterocycles. The third kappa shape index (κ3) is 1.77. The molecule has 1 aliphatic rings. The van der Waals surface area contributed by atoms with E-state index in [1.54, 1.807) is 0 Å². The van der Waals surface area contributed by atoms with Gasteiger partial charge in [0, 0.05) is 18.4 Å². The molecule has 0 aromatic rings. The fraction of sp³-hybridized carbons (Fsp3) is 0.333. The Hall–Kier alpha value is -0.960. The fourth-order valence-corrected chi connectivity index (χ4v) is 0.682. The van der Waals surface area contributed by atoms with Gasteiger partial charge in [-0.05, 0) is 19.2 Å². The van der Waals surface area contributed by atoms with Crippen LogP contribution in [0.15, 0.2) is 24.0 Å². The summed E-state index contributed by atoms with van der Waals surface area (Å²) in [5.41, 5.74) is 7.02. The summed E-state index contributed by atoms with van der Waals surface area (Å²) < 4.78 is 0. The van der Waals surface area contributed by atoms with Gasteiger partial charge in [0.2, 0.25) is 0 Å². The summed E-state index contributed by atoms with van der Waals surface area (Å²) in [5.74, 6) is 0. The first-order chi connectivity index (χ1) is 4.43.